The van der Waals surface area contributed by atoms with E-state index in [-0.39, 0.29) is 47.4 Å². The molecule has 0 amide bonds. The van der Waals surface area contributed by atoms with E-state index in [0.717, 1.165) is 0 Å². The minimum Gasteiger partial charge on any atom is -0.481 e. The zero-order chi connectivity index (χ0) is 19.7. The van der Waals surface area contributed by atoms with E-state index in [1.165, 1.54) is 26.0 Å². The maximum Gasteiger partial charge on any atom is 0.344 e. The minimum atomic E-state index is -0.605. The molecule has 0 bridgehead atoms. The highest BCUT2D eigenvalue weighted by atomic mass is 16.6. The molecule has 0 heterocycles. The van der Waals surface area contributed by atoms with Crippen LogP contribution < -0.4 is 9.47 Å². The second-order valence-corrected chi connectivity index (χ2v) is 5.14. The summed E-state index contributed by atoms with van der Waals surface area (Å²) in [6.45, 7) is 5.47. The molecular weight excluding hydrogens is 344 g/mol. The Morgan fingerprint density at radius 3 is 1.42 bits per heavy atom. The van der Waals surface area contributed by atoms with Gasteiger partial charge in [-0.3, -0.25) is 9.59 Å². The Kier molecular flexibility index (Phi) is 8.27. The molecule has 1 rings (SSSR count). The fourth-order valence-electron chi connectivity index (χ4n) is 2.03. The fraction of sp³-hybridized carbons (Fsp3) is 0.444. The maximum atomic E-state index is 11.9. The van der Waals surface area contributed by atoms with Crippen LogP contribution in [0.25, 0.3) is 0 Å². The molecule has 142 valence electrons. The molecule has 0 aliphatic heterocycles. The van der Waals surface area contributed by atoms with Gasteiger partial charge in [0.2, 0.25) is 0 Å². The summed E-state index contributed by atoms with van der Waals surface area (Å²) >= 11 is 0. The highest BCUT2D eigenvalue weighted by Gasteiger charge is 2.19. The fourth-order valence-corrected chi connectivity index (χ4v) is 2.03. The van der Waals surface area contributed by atoms with Gasteiger partial charge in [0, 0.05) is 6.07 Å². The molecule has 0 aliphatic rings. The zero-order valence-electron chi connectivity index (χ0n) is 15.2. The van der Waals surface area contributed by atoms with Gasteiger partial charge >= 0.3 is 11.9 Å². The lowest BCUT2D eigenvalue weighted by atomic mass is 10.0. The van der Waals surface area contributed by atoms with Gasteiger partial charge in [-0.2, -0.15) is 0 Å². The predicted molar refractivity (Wildman–Crippen MR) is 90.7 cm³/mol. The summed E-state index contributed by atoms with van der Waals surface area (Å²) < 4.78 is 20.2. The first-order valence-electron chi connectivity index (χ1n) is 8.06. The number of hydrogen-bond donors (Lipinski definition) is 0. The van der Waals surface area contributed by atoms with Gasteiger partial charge in [-0.25, -0.2) is 9.59 Å². The lowest BCUT2D eigenvalue weighted by Crippen LogP contribution is -2.18. The second-order valence-electron chi connectivity index (χ2n) is 5.14. The molecule has 0 aromatic heterocycles. The second kappa shape index (κ2) is 10.2. The topological polar surface area (TPSA) is 105 Å². The Balaban J connectivity index is 3.15. The SMILES string of the molecule is CCOC(=O)COc1cc(OCC(=O)OCC)c(C(C)=O)cc1C(C)=O. The van der Waals surface area contributed by atoms with Crippen molar-refractivity contribution < 1.29 is 38.1 Å². The molecule has 0 unspecified atom stereocenters. The molecule has 0 fully saturated rings. The van der Waals surface area contributed by atoms with Crippen LogP contribution in [-0.2, 0) is 19.1 Å². The molecule has 8 nitrogen and oxygen atoms in total. The molecule has 0 saturated heterocycles. The molecule has 1 aromatic carbocycles. The molecule has 0 aliphatic carbocycles. The Hall–Kier alpha value is -2.90. The van der Waals surface area contributed by atoms with E-state index >= 15 is 0 Å². The van der Waals surface area contributed by atoms with Gasteiger partial charge in [-0.15, -0.1) is 0 Å². The van der Waals surface area contributed by atoms with E-state index in [1.54, 1.807) is 13.8 Å². The summed E-state index contributed by atoms with van der Waals surface area (Å²) in [7, 11) is 0. The van der Waals surface area contributed by atoms with E-state index in [9.17, 15) is 19.2 Å². The van der Waals surface area contributed by atoms with Crippen molar-refractivity contribution in [1.29, 1.82) is 0 Å². The van der Waals surface area contributed by atoms with Crippen LogP contribution in [0, 0.1) is 0 Å². The Morgan fingerprint density at radius 2 is 1.12 bits per heavy atom. The number of carbonyl (C=O) groups excluding carboxylic acids is 4. The number of rotatable bonds is 10. The van der Waals surface area contributed by atoms with E-state index < -0.39 is 25.2 Å². The Morgan fingerprint density at radius 1 is 0.731 bits per heavy atom. The third-order valence-electron chi connectivity index (χ3n) is 3.14. The third kappa shape index (κ3) is 6.19. The first-order chi connectivity index (χ1) is 12.3. The van der Waals surface area contributed by atoms with Gasteiger partial charge in [0.15, 0.2) is 24.8 Å². The molecule has 8 heteroatoms. The van der Waals surface area contributed by atoms with Crippen LogP contribution in [0.1, 0.15) is 48.4 Å². The van der Waals surface area contributed by atoms with Crippen LogP contribution in [-0.4, -0.2) is 49.9 Å². The van der Waals surface area contributed by atoms with Crippen LogP contribution >= 0.6 is 0 Å². The van der Waals surface area contributed by atoms with Gasteiger partial charge in [-0.05, 0) is 33.8 Å². The monoisotopic (exact) mass is 366 g/mol. The molecule has 0 spiro atoms. The van der Waals surface area contributed by atoms with Crippen molar-refractivity contribution in [2.24, 2.45) is 0 Å². The largest absolute Gasteiger partial charge is 0.481 e. The number of ketones is 2. The van der Waals surface area contributed by atoms with E-state index in [2.05, 4.69) is 0 Å². The lowest BCUT2D eigenvalue weighted by molar-refractivity contribution is -0.146. The van der Waals surface area contributed by atoms with E-state index in [1.807, 2.05) is 0 Å². The van der Waals surface area contributed by atoms with Crippen LogP contribution in [0.2, 0.25) is 0 Å². The summed E-state index contributed by atoms with van der Waals surface area (Å²) in [6, 6.07) is 2.61. The minimum absolute atomic E-state index is 0.0504. The maximum absolute atomic E-state index is 11.9. The Bertz CT molecular complexity index is 637. The van der Waals surface area contributed by atoms with Crippen molar-refractivity contribution in [3.63, 3.8) is 0 Å². The van der Waals surface area contributed by atoms with Crippen molar-refractivity contribution in [2.45, 2.75) is 27.7 Å². The average Bonchev–Trinajstić information content (AvgIpc) is 2.57. The van der Waals surface area contributed by atoms with Crippen LogP contribution in [0.15, 0.2) is 12.1 Å². The summed E-state index contributed by atoms with van der Waals surface area (Å²) in [6.07, 6.45) is 0. The quantitative estimate of drug-likeness (QED) is 0.457. The number of ether oxygens (including phenoxy) is 4. The first-order valence-corrected chi connectivity index (χ1v) is 8.06. The van der Waals surface area contributed by atoms with Gasteiger partial charge in [0.1, 0.15) is 11.5 Å². The Labute approximate surface area is 151 Å². The highest BCUT2D eigenvalue weighted by Crippen LogP contribution is 2.30. The van der Waals surface area contributed by atoms with Crippen molar-refractivity contribution in [3.05, 3.63) is 23.3 Å². The number of esters is 2. The van der Waals surface area contributed by atoms with Crippen LogP contribution in [0.5, 0.6) is 11.5 Å². The molecule has 0 radical (unpaired) electrons. The predicted octanol–water partition coefficient (Wildman–Crippen LogP) is 1.98. The van der Waals surface area contributed by atoms with Gasteiger partial charge in [0.25, 0.3) is 0 Å². The van der Waals surface area contributed by atoms with Crippen molar-refractivity contribution in [3.8, 4) is 11.5 Å². The standard InChI is InChI=1S/C18H22O8/c1-5-23-17(21)9-25-15-8-16(26-10-18(22)24-6-2)14(12(4)20)7-13(15)11(3)19/h7-8H,5-6,9-10H2,1-4H3. The number of benzene rings is 1. The molecule has 0 saturated carbocycles. The molecular formula is C18H22O8. The van der Waals surface area contributed by atoms with Crippen LogP contribution in [0.4, 0.5) is 0 Å². The van der Waals surface area contributed by atoms with Crippen molar-refractivity contribution >= 4 is 23.5 Å². The molecule has 1 aromatic rings. The molecule has 0 atom stereocenters. The van der Waals surface area contributed by atoms with Gasteiger partial charge < -0.3 is 18.9 Å². The summed E-state index contributed by atoms with van der Waals surface area (Å²) in [5, 5.41) is 0. The van der Waals surface area contributed by atoms with E-state index in [4.69, 9.17) is 18.9 Å². The van der Waals surface area contributed by atoms with Gasteiger partial charge in [0.05, 0.1) is 24.3 Å². The third-order valence-corrected chi connectivity index (χ3v) is 3.14. The summed E-state index contributed by atoms with van der Waals surface area (Å²) in [4.78, 5) is 46.6. The lowest BCUT2D eigenvalue weighted by Gasteiger charge is -2.15. The van der Waals surface area contributed by atoms with Crippen molar-refractivity contribution in [2.75, 3.05) is 26.4 Å². The van der Waals surface area contributed by atoms with Crippen molar-refractivity contribution in [1.82, 2.24) is 0 Å². The summed E-state index contributed by atoms with van der Waals surface area (Å²) in [5.74, 6) is -1.83. The number of Topliss-reactive ketones (excluding diaryl/α,β-unsaturated/α-hetero) is 2. The normalized spacial score (nSPS) is 10.0. The van der Waals surface area contributed by atoms with E-state index in [0.29, 0.717) is 0 Å². The zero-order valence-corrected chi connectivity index (χ0v) is 15.2. The van der Waals surface area contributed by atoms with Crippen LogP contribution in [0.3, 0.4) is 0 Å². The number of hydrogen-bond acceptors (Lipinski definition) is 8. The summed E-state index contributed by atoms with van der Waals surface area (Å²) in [5.41, 5.74) is 0.228. The molecule has 0 N–H and O–H groups in total. The smallest absolute Gasteiger partial charge is 0.344 e. The van der Waals surface area contributed by atoms with Gasteiger partial charge in [-0.1, -0.05) is 0 Å². The average molecular weight is 366 g/mol. The first kappa shape index (κ1) is 21.1. The highest BCUT2D eigenvalue weighted by molar-refractivity contribution is 6.03. The molecule has 26 heavy (non-hydrogen) atoms. The number of carbonyl (C=O) groups is 4.